The highest BCUT2D eigenvalue weighted by molar-refractivity contribution is 7.80. The number of thiocarbonyl (C=S) groups is 1. The lowest BCUT2D eigenvalue weighted by Crippen LogP contribution is -2.23. The van der Waals surface area contributed by atoms with Gasteiger partial charge in [-0.3, -0.25) is 0 Å². The zero-order chi connectivity index (χ0) is 14.3. The Kier molecular flexibility index (Phi) is 5.70. The minimum absolute atomic E-state index is 0.183. The van der Waals surface area contributed by atoms with Crippen molar-refractivity contribution < 1.29 is 9.90 Å². The summed E-state index contributed by atoms with van der Waals surface area (Å²) in [6.45, 7) is 5.45. The first kappa shape index (κ1) is 14.9. The number of carboxylic acids is 1. The highest BCUT2D eigenvalue weighted by atomic mass is 32.1. The third kappa shape index (κ3) is 4.19. The van der Waals surface area contributed by atoms with E-state index in [-0.39, 0.29) is 5.56 Å². The van der Waals surface area contributed by atoms with Crippen molar-refractivity contribution in [3.63, 3.8) is 0 Å². The molecular weight excluding hydrogens is 258 g/mol. The molecule has 0 amide bonds. The normalized spacial score (nSPS) is 11.3. The van der Waals surface area contributed by atoms with Crippen molar-refractivity contribution in [2.75, 3.05) is 0 Å². The largest absolute Gasteiger partial charge is 0.478 e. The Hall–Kier alpha value is -2.20. The molecule has 0 aromatic heterocycles. The monoisotopic (exact) mass is 273 g/mol. The van der Waals surface area contributed by atoms with E-state index in [0.717, 1.165) is 5.70 Å². The average molecular weight is 273 g/mol. The molecule has 1 aromatic rings. The fraction of sp³-hybridized carbons (Fsp3) is 0.0667. The van der Waals surface area contributed by atoms with Crippen molar-refractivity contribution in [3.8, 4) is 0 Å². The van der Waals surface area contributed by atoms with Gasteiger partial charge < -0.3 is 10.4 Å². The van der Waals surface area contributed by atoms with Crippen LogP contribution in [0.25, 0.3) is 0 Å². The maximum absolute atomic E-state index is 11.1. The molecular formula is C15H15NO2S. The molecule has 0 heterocycles. The summed E-state index contributed by atoms with van der Waals surface area (Å²) in [5.74, 6) is -0.997. The van der Waals surface area contributed by atoms with Gasteiger partial charge in [-0.25, -0.2) is 4.79 Å². The van der Waals surface area contributed by atoms with Gasteiger partial charge in [-0.2, -0.15) is 0 Å². The maximum atomic E-state index is 11.1. The molecule has 1 rings (SSSR count). The van der Waals surface area contributed by atoms with Crippen LogP contribution in [-0.4, -0.2) is 16.1 Å². The number of allylic oxidation sites excluding steroid dienone is 4. The number of hydrogen-bond donors (Lipinski definition) is 2. The van der Waals surface area contributed by atoms with E-state index < -0.39 is 5.97 Å². The zero-order valence-electron chi connectivity index (χ0n) is 10.6. The van der Waals surface area contributed by atoms with Crippen LogP contribution in [0.4, 0.5) is 0 Å². The minimum atomic E-state index is -0.997. The second-order valence-electron chi connectivity index (χ2n) is 3.64. The molecule has 1 aromatic carbocycles. The van der Waals surface area contributed by atoms with Crippen LogP contribution in [-0.2, 0) is 0 Å². The second-order valence-corrected chi connectivity index (χ2v) is 4.05. The Morgan fingerprint density at radius 1 is 1.37 bits per heavy atom. The van der Waals surface area contributed by atoms with Gasteiger partial charge in [0.05, 0.1) is 5.56 Å². The quantitative estimate of drug-likeness (QED) is 0.638. The summed E-state index contributed by atoms with van der Waals surface area (Å²) in [7, 11) is 0. The maximum Gasteiger partial charge on any atom is 0.336 e. The number of benzene rings is 1. The van der Waals surface area contributed by atoms with Crippen molar-refractivity contribution in [2.45, 2.75) is 6.92 Å². The van der Waals surface area contributed by atoms with Gasteiger partial charge in [-0.1, -0.05) is 55.2 Å². The van der Waals surface area contributed by atoms with Crippen LogP contribution in [0.15, 0.2) is 60.8 Å². The zero-order valence-corrected chi connectivity index (χ0v) is 11.4. The number of nitrogens with one attached hydrogen (secondary N) is 1. The lowest BCUT2D eigenvalue weighted by Gasteiger charge is -2.10. The van der Waals surface area contributed by atoms with Crippen molar-refractivity contribution in [2.24, 2.45) is 0 Å². The molecule has 2 N–H and O–H groups in total. The predicted octanol–water partition coefficient (Wildman–Crippen LogP) is 3.30. The topological polar surface area (TPSA) is 49.3 Å². The van der Waals surface area contributed by atoms with Gasteiger partial charge in [0, 0.05) is 11.3 Å². The molecule has 0 fully saturated rings. The number of rotatable bonds is 5. The van der Waals surface area contributed by atoms with Crippen LogP contribution in [0.5, 0.6) is 0 Å². The first-order valence-corrected chi connectivity index (χ1v) is 6.10. The Morgan fingerprint density at radius 2 is 2.00 bits per heavy atom. The summed E-state index contributed by atoms with van der Waals surface area (Å²) < 4.78 is 0. The molecule has 0 aliphatic heterocycles. The first-order valence-electron chi connectivity index (χ1n) is 5.69. The van der Waals surface area contributed by atoms with E-state index >= 15 is 0 Å². The molecule has 0 unspecified atom stereocenters. The van der Waals surface area contributed by atoms with Crippen LogP contribution in [0, 0.1) is 0 Å². The van der Waals surface area contributed by atoms with E-state index in [1.165, 1.54) is 6.07 Å². The van der Waals surface area contributed by atoms with Crippen LogP contribution in [0.2, 0.25) is 0 Å². The molecule has 0 saturated heterocycles. The molecule has 0 bridgehead atoms. The standard InChI is InChI=1S/C15H15NO2S/c1-3-5-8-11(4-2)16-14(19)12-9-6-7-10-13(12)15(17)18/h3-10H,1H2,2H3,(H,16,19)(H,17,18). The average Bonchev–Trinajstić information content (AvgIpc) is 2.43. The van der Waals surface area contributed by atoms with Gasteiger partial charge in [0.25, 0.3) is 0 Å². The minimum Gasteiger partial charge on any atom is -0.478 e. The SMILES string of the molecule is C=CC=CC(=CC)NC(=S)c1ccccc1C(=O)O. The van der Waals surface area contributed by atoms with Gasteiger partial charge in [0.1, 0.15) is 4.99 Å². The van der Waals surface area contributed by atoms with Crippen molar-refractivity contribution in [3.05, 3.63) is 72.0 Å². The van der Waals surface area contributed by atoms with E-state index in [2.05, 4.69) is 11.9 Å². The van der Waals surface area contributed by atoms with Gasteiger partial charge in [0.2, 0.25) is 0 Å². The number of aromatic carboxylic acids is 1. The molecule has 0 atom stereocenters. The summed E-state index contributed by atoms with van der Waals surface area (Å²) in [4.78, 5) is 11.5. The van der Waals surface area contributed by atoms with E-state index in [1.807, 2.05) is 19.1 Å². The van der Waals surface area contributed by atoms with E-state index in [4.69, 9.17) is 17.3 Å². The predicted molar refractivity (Wildman–Crippen MR) is 81.3 cm³/mol. The molecule has 0 radical (unpaired) electrons. The lowest BCUT2D eigenvalue weighted by molar-refractivity contribution is 0.0696. The molecule has 0 saturated carbocycles. The summed E-state index contributed by atoms with van der Waals surface area (Å²) in [5.41, 5.74) is 1.46. The Labute approximate surface area is 118 Å². The van der Waals surface area contributed by atoms with Crippen LogP contribution in [0.3, 0.4) is 0 Å². The fourth-order valence-corrected chi connectivity index (χ4v) is 1.74. The van der Waals surface area contributed by atoms with Gasteiger partial charge in [-0.05, 0) is 19.1 Å². The van der Waals surface area contributed by atoms with Gasteiger partial charge in [-0.15, -0.1) is 0 Å². The molecule has 4 heteroatoms. The van der Waals surface area contributed by atoms with E-state index in [0.29, 0.717) is 10.6 Å². The third-order valence-corrected chi connectivity index (χ3v) is 2.70. The summed E-state index contributed by atoms with van der Waals surface area (Å²) in [6.07, 6.45) is 7.08. The number of carbonyl (C=O) groups is 1. The molecule has 0 spiro atoms. The summed E-state index contributed by atoms with van der Waals surface area (Å²) in [5, 5.41) is 12.1. The molecule has 0 aliphatic carbocycles. The van der Waals surface area contributed by atoms with Crippen LogP contribution >= 0.6 is 12.2 Å². The Morgan fingerprint density at radius 3 is 2.53 bits per heavy atom. The van der Waals surface area contributed by atoms with Crippen molar-refractivity contribution in [1.82, 2.24) is 5.32 Å². The van der Waals surface area contributed by atoms with E-state index in [9.17, 15) is 4.79 Å². The number of hydrogen-bond acceptors (Lipinski definition) is 2. The Balaban J connectivity index is 2.98. The van der Waals surface area contributed by atoms with Crippen LogP contribution < -0.4 is 5.32 Å². The molecule has 98 valence electrons. The van der Waals surface area contributed by atoms with Crippen molar-refractivity contribution in [1.29, 1.82) is 0 Å². The highest BCUT2D eigenvalue weighted by Gasteiger charge is 2.12. The molecule has 19 heavy (non-hydrogen) atoms. The smallest absolute Gasteiger partial charge is 0.336 e. The molecule has 3 nitrogen and oxygen atoms in total. The first-order chi connectivity index (χ1) is 9.10. The molecule has 0 aliphatic rings. The van der Waals surface area contributed by atoms with E-state index in [1.54, 1.807) is 30.4 Å². The second kappa shape index (κ2) is 7.28. The third-order valence-electron chi connectivity index (χ3n) is 2.38. The number of carboxylic acid groups (broad SMARTS) is 1. The lowest BCUT2D eigenvalue weighted by atomic mass is 10.1. The van der Waals surface area contributed by atoms with Crippen LogP contribution in [0.1, 0.15) is 22.8 Å². The van der Waals surface area contributed by atoms with Gasteiger partial charge >= 0.3 is 5.97 Å². The van der Waals surface area contributed by atoms with Crippen molar-refractivity contribution >= 4 is 23.2 Å². The fourth-order valence-electron chi connectivity index (χ4n) is 1.45. The Bertz CT molecular complexity index is 559. The van der Waals surface area contributed by atoms with Gasteiger partial charge in [0.15, 0.2) is 0 Å². The summed E-state index contributed by atoms with van der Waals surface area (Å²) >= 11 is 5.25. The summed E-state index contributed by atoms with van der Waals surface area (Å²) in [6, 6.07) is 6.64. The highest BCUT2D eigenvalue weighted by Crippen LogP contribution is 2.10.